The number of ether oxygens (including phenoxy) is 7. The molecular formula is C74H91N15O12. The van der Waals surface area contributed by atoms with Crippen molar-refractivity contribution in [1.82, 2.24) is 44.6 Å². The summed E-state index contributed by atoms with van der Waals surface area (Å²) < 4.78 is 37.6. The van der Waals surface area contributed by atoms with Crippen molar-refractivity contribution in [3.05, 3.63) is 142 Å². The first-order valence-electron chi connectivity index (χ1n) is 34.6. The maximum absolute atomic E-state index is 13.1. The van der Waals surface area contributed by atoms with E-state index >= 15 is 0 Å². The minimum absolute atomic E-state index is 0.00345. The molecule has 6 aliphatic rings. The highest BCUT2D eigenvalue weighted by atomic mass is 16.6. The van der Waals surface area contributed by atoms with Crippen LogP contribution >= 0.6 is 0 Å². The van der Waals surface area contributed by atoms with Crippen LogP contribution in [0.25, 0.3) is 34.2 Å². The number of benzene rings is 4. The Balaban J connectivity index is 0.000000153. The topological polar surface area (TPSA) is 297 Å². The predicted octanol–water partition coefficient (Wildman–Crippen LogP) is 10.4. The van der Waals surface area contributed by atoms with E-state index in [9.17, 15) is 24.0 Å². The third-order valence-electron chi connectivity index (χ3n) is 17.2. The lowest BCUT2D eigenvalue weighted by molar-refractivity contribution is 0.0211. The Morgan fingerprint density at radius 2 is 0.762 bits per heavy atom. The summed E-state index contributed by atoms with van der Waals surface area (Å²) in [6, 6.07) is 31.5. The highest BCUT2D eigenvalue weighted by molar-refractivity contribution is 5.94. The van der Waals surface area contributed by atoms with E-state index in [0.717, 1.165) is 107 Å². The quantitative estimate of drug-likeness (QED) is 0.0801. The van der Waals surface area contributed by atoms with Gasteiger partial charge in [-0.05, 0) is 160 Å². The average molecular weight is 1380 g/mol. The minimum Gasteiger partial charge on any atom is -0.450 e. The molecule has 27 heteroatoms. The maximum atomic E-state index is 13.1. The van der Waals surface area contributed by atoms with Crippen LogP contribution in [0, 0.1) is 0 Å². The van der Waals surface area contributed by atoms with E-state index in [1.807, 2.05) is 125 Å². The lowest BCUT2D eigenvalue weighted by atomic mass is 10.0. The zero-order chi connectivity index (χ0) is 71.2. The number of nitrogens with two attached hydrogens (primary N) is 1. The van der Waals surface area contributed by atoms with Crippen LogP contribution in [0.2, 0.25) is 0 Å². The fraction of sp³-hybridized carbons (Fsp3) is 0.446. The van der Waals surface area contributed by atoms with Gasteiger partial charge in [0.15, 0.2) is 17.5 Å². The van der Waals surface area contributed by atoms with Crippen LogP contribution in [-0.2, 0) is 72.1 Å². The predicted molar refractivity (Wildman–Crippen MR) is 383 cm³/mol. The fourth-order valence-corrected chi connectivity index (χ4v) is 12.2. The number of morpholine rings is 3. The standard InChI is InChI=1S/C27H29N5O4.C25H33N5O5.C22H29N5O3/c1-2-36-27(34)28-21-10-8-19(9-11-21)24-29-23-18-32(26(33)20-6-4-3-5-7-20)13-12-22(23)25(30-24)31-14-16-35-17-15-31;1-5-34-23(31)26-18-8-6-17(7-9-18)21-27-20-16-30(24(32)35-25(2,3)4)11-10-19(20)22(28-21)29-12-14-33-15-13-29;1-22(2,3)30-21(28)27-9-8-17-18(14-27)24-19(15-4-6-16(23)7-5-15)25-20(17)26-10-12-29-13-11-26/h3-11H,2,12-18H2,1H3,(H,28,34);6-9H,5,10-16H2,1-4H3,(H,26,31);4-7H,8-14,23H2,1-3H3. The molecule has 0 atom stereocenters. The number of anilines is 6. The number of amides is 5. The number of nitrogens with zero attached hydrogens (tertiary/aromatic N) is 12. The number of fused-ring (bicyclic) bond motifs is 3. The van der Waals surface area contributed by atoms with Gasteiger partial charge in [0.2, 0.25) is 0 Å². The molecule has 6 aliphatic heterocycles. The minimum atomic E-state index is -0.563. The van der Waals surface area contributed by atoms with Gasteiger partial charge in [0, 0.05) is 115 Å². The Hall–Kier alpha value is -10.3. The van der Waals surface area contributed by atoms with Gasteiger partial charge in [0.25, 0.3) is 5.91 Å². The lowest BCUT2D eigenvalue weighted by Crippen LogP contribution is -2.42. The fourth-order valence-electron chi connectivity index (χ4n) is 12.2. The second kappa shape index (κ2) is 32.8. The summed E-state index contributed by atoms with van der Waals surface area (Å²) in [5.74, 6) is 4.56. The van der Waals surface area contributed by atoms with E-state index in [-0.39, 0.29) is 18.1 Å². The third kappa shape index (κ3) is 19.0. The van der Waals surface area contributed by atoms with Gasteiger partial charge in [-0.25, -0.2) is 49.1 Å². The second-order valence-electron chi connectivity index (χ2n) is 26.8. The normalized spacial score (nSPS) is 16.0. The summed E-state index contributed by atoms with van der Waals surface area (Å²) in [6.45, 7) is 26.9. The van der Waals surface area contributed by atoms with Crippen molar-refractivity contribution in [1.29, 1.82) is 0 Å². The van der Waals surface area contributed by atoms with E-state index in [1.54, 1.807) is 47.9 Å². The molecule has 3 aromatic heterocycles. The molecule has 13 rings (SSSR count). The summed E-state index contributed by atoms with van der Waals surface area (Å²) in [5, 5.41) is 5.39. The first-order valence-corrected chi connectivity index (χ1v) is 34.6. The molecule has 101 heavy (non-hydrogen) atoms. The lowest BCUT2D eigenvalue weighted by Gasteiger charge is -2.34. The number of rotatable bonds is 11. The number of nitrogen functional groups attached to an aromatic ring is 1. The number of carbonyl (C=O) groups is 5. The van der Waals surface area contributed by atoms with E-state index in [1.165, 1.54) is 0 Å². The molecule has 0 aliphatic carbocycles. The molecule has 7 aromatic rings. The number of aromatic nitrogens is 6. The number of hydrogen-bond acceptors (Lipinski definition) is 22. The first kappa shape index (κ1) is 72.0. The van der Waals surface area contributed by atoms with E-state index in [2.05, 4.69) is 25.3 Å². The largest absolute Gasteiger partial charge is 0.450 e. The van der Waals surface area contributed by atoms with Crippen molar-refractivity contribution in [2.45, 2.75) is 105 Å². The molecule has 9 heterocycles. The van der Waals surface area contributed by atoms with Crippen LogP contribution in [0.1, 0.15) is 99.5 Å². The van der Waals surface area contributed by atoms with Crippen molar-refractivity contribution in [2.24, 2.45) is 0 Å². The molecule has 4 N–H and O–H groups in total. The summed E-state index contributed by atoms with van der Waals surface area (Å²) in [6.07, 6.45) is 0.408. The molecular weight excluding hydrogens is 1290 g/mol. The van der Waals surface area contributed by atoms with Crippen molar-refractivity contribution in [3.8, 4) is 34.2 Å². The van der Waals surface area contributed by atoms with Crippen molar-refractivity contribution >= 4 is 64.8 Å². The summed E-state index contributed by atoms with van der Waals surface area (Å²) in [7, 11) is 0. The Bertz CT molecular complexity index is 4020. The van der Waals surface area contributed by atoms with Crippen LogP contribution in [0.3, 0.4) is 0 Å². The third-order valence-corrected chi connectivity index (χ3v) is 17.2. The molecule has 3 saturated heterocycles. The summed E-state index contributed by atoms with van der Waals surface area (Å²) in [4.78, 5) is 103. The van der Waals surface area contributed by atoms with Gasteiger partial charge in [-0.2, -0.15) is 0 Å². The smallest absolute Gasteiger partial charge is 0.411 e. The van der Waals surface area contributed by atoms with Gasteiger partial charge in [-0.1, -0.05) is 18.2 Å². The second-order valence-corrected chi connectivity index (χ2v) is 26.8. The van der Waals surface area contributed by atoms with Gasteiger partial charge in [-0.3, -0.25) is 15.4 Å². The number of nitrogens with one attached hydrogen (secondary N) is 2. The number of hydrogen-bond donors (Lipinski definition) is 3. The van der Waals surface area contributed by atoms with E-state index < -0.39 is 23.4 Å². The Kier molecular flexibility index (Phi) is 23.4. The summed E-state index contributed by atoms with van der Waals surface area (Å²) >= 11 is 0. The molecule has 4 aromatic carbocycles. The van der Waals surface area contributed by atoms with E-state index in [0.29, 0.717) is 151 Å². The first-order chi connectivity index (χ1) is 48.6. The molecule has 534 valence electrons. The van der Waals surface area contributed by atoms with Gasteiger partial charge in [-0.15, -0.1) is 0 Å². The molecule has 3 fully saturated rings. The molecule has 5 amide bonds. The molecule has 0 bridgehead atoms. The van der Waals surface area contributed by atoms with Crippen LogP contribution in [0.15, 0.2) is 103 Å². The van der Waals surface area contributed by atoms with Gasteiger partial charge in [0.1, 0.15) is 28.7 Å². The monoisotopic (exact) mass is 1380 g/mol. The molecule has 27 nitrogen and oxygen atoms in total. The molecule has 0 radical (unpaired) electrons. The molecule has 0 spiro atoms. The van der Waals surface area contributed by atoms with Crippen molar-refractivity contribution < 1.29 is 57.1 Å². The Labute approximate surface area is 589 Å². The SMILES string of the molecule is CC(C)(C)OC(=O)N1CCc2c(nc(-c3ccc(N)cc3)nc2N2CCOCC2)C1.CCOC(=O)Nc1ccc(-c2nc3c(c(N4CCOCC4)n2)CCN(C(=O)OC(C)(C)C)C3)cc1.CCOC(=O)Nc1ccc(-c2nc3c(c(N4CCOCC4)n2)CCN(C(=O)c2ccccc2)C3)cc1. The van der Waals surface area contributed by atoms with Crippen LogP contribution in [-0.4, -0.2) is 198 Å². The average Bonchev–Trinajstić information content (AvgIpc) is 0.796. The molecule has 0 saturated carbocycles. The Morgan fingerprint density at radius 1 is 0.436 bits per heavy atom. The van der Waals surface area contributed by atoms with Crippen molar-refractivity contribution in [2.75, 3.05) is 143 Å². The highest BCUT2D eigenvalue weighted by Gasteiger charge is 2.34. The van der Waals surface area contributed by atoms with Crippen LogP contribution in [0.5, 0.6) is 0 Å². The number of carbonyl (C=O) groups excluding carboxylic acids is 5. The highest BCUT2D eigenvalue weighted by Crippen LogP contribution is 2.35. The van der Waals surface area contributed by atoms with Crippen LogP contribution in [0.4, 0.5) is 53.7 Å². The van der Waals surface area contributed by atoms with Crippen LogP contribution < -0.4 is 31.1 Å². The van der Waals surface area contributed by atoms with Crippen molar-refractivity contribution in [3.63, 3.8) is 0 Å². The maximum Gasteiger partial charge on any atom is 0.411 e. The zero-order valence-electron chi connectivity index (χ0n) is 58.9. The van der Waals surface area contributed by atoms with Gasteiger partial charge in [0.05, 0.1) is 89.6 Å². The van der Waals surface area contributed by atoms with E-state index in [4.69, 9.17) is 68.8 Å². The summed E-state index contributed by atoms with van der Waals surface area (Å²) in [5.41, 5.74) is 15.7. The van der Waals surface area contributed by atoms with Gasteiger partial charge < -0.3 is 68.3 Å². The zero-order valence-corrected chi connectivity index (χ0v) is 58.9. The Morgan fingerprint density at radius 3 is 1.10 bits per heavy atom. The van der Waals surface area contributed by atoms with Gasteiger partial charge >= 0.3 is 24.4 Å². The molecule has 0 unspecified atom stereocenters.